The number of nitrogens with zero attached hydrogens (tertiary/aromatic N) is 3. The monoisotopic (exact) mass is 359 g/mol. The summed E-state index contributed by atoms with van der Waals surface area (Å²) in [7, 11) is 0. The predicted molar refractivity (Wildman–Crippen MR) is 107 cm³/mol. The van der Waals surface area contributed by atoms with Gasteiger partial charge in [-0.3, -0.25) is 0 Å². The Labute approximate surface area is 153 Å². The second-order valence-electron chi connectivity index (χ2n) is 6.24. The molecule has 1 aliphatic rings. The van der Waals surface area contributed by atoms with Gasteiger partial charge in [-0.05, 0) is 43.2 Å². The van der Waals surface area contributed by atoms with E-state index >= 15 is 0 Å². The fourth-order valence-corrected chi connectivity index (χ4v) is 4.36. The lowest BCUT2D eigenvalue weighted by molar-refractivity contribution is 0.652. The first-order valence-electron chi connectivity index (χ1n) is 8.13. The molecule has 0 aliphatic carbocycles. The van der Waals surface area contributed by atoms with Crippen molar-refractivity contribution in [3.05, 3.63) is 53.6 Å². The SMILES string of the molecule is Cc1cc(C)c2sc(N3CCN(c4ccccc4)CC3)nc2c1.Cl. The lowest BCUT2D eigenvalue weighted by Crippen LogP contribution is -2.46. The van der Waals surface area contributed by atoms with Gasteiger partial charge in [0.1, 0.15) is 0 Å². The number of benzene rings is 2. The number of rotatable bonds is 2. The lowest BCUT2D eigenvalue weighted by Gasteiger charge is -2.35. The second-order valence-corrected chi connectivity index (χ2v) is 7.21. The van der Waals surface area contributed by atoms with Crippen LogP contribution in [0.25, 0.3) is 10.2 Å². The topological polar surface area (TPSA) is 19.4 Å². The van der Waals surface area contributed by atoms with Crippen LogP contribution in [0, 0.1) is 13.8 Å². The van der Waals surface area contributed by atoms with Crippen molar-refractivity contribution in [2.45, 2.75) is 13.8 Å². The molecule has 126 valence electrons. The van der Waals surface area contributed by atoms with Crippen molar-refractivity contribution in [3.63, 3.8) is 0 Å². The van der Waals surface area contributed by atoms with Gasteiger partial charge in [-0.2, -0.15) is 0 Å². The van der Waals surface area contributed by atoms with Crippen LogP contribution in [0.1, 0.15) is 11.1 Å². The Balaban J connectivity index is 0.00000169. The van der Waals surface area contributed by atoms with Gasteiger partial charge in [-0.15, -0.1) is 12.4 Å². The second kappa shape index (κ2) is 6.99. The summed E-state index contributed by atoms with van der Waals surface area (Å²) in [5, 5.41) is 1.17. The molecule has 0 saturated carbocycles. The van der Waals surface area contributed by atoms with Gasteiger partial charge < -0.3 is 9.80 Å². The maximum Gasteiger partial charge on any atom is 0.186 e. The zero-order valence-corrected chi connectivity index (χ0v) is 15.7. The van der Waals surface area contributed by atoms with Crippen LogP contribution < -0.4 is 9.80 Å². The summed E-state index contributed by atoms with van der Waals surface area (Å²) in [4.78, 5) is 9.77. The highest BCUT2D eigenvalue weighted by atomic mass is 35.5. The molecule has 1 fully saturated rings. The molecule has 0 N–H and O–H groups in total. The van der Waals surface area contributed by atoms with Crippen molar-refractivity contribution in [2.24, 2.45) is 0 Å². The molecule has 24 heavy (non-hydrogen) atoms. The minimum atomic E-state index is 0. The number of halogens is 1. The van der Waals surface area contributed by atoms with E-state index in [9.17, 15) is 0 Å². The molecule has 0 amide bonds. The summed E-state index contributed by atoms with van der Waals surface area (Å²) in [6, 6.07) is 15.1. The Morgan fingerprint density at radius 2 is 1.58 bits per heavy atom. The number of para-hydroxylation sites is 1. The number of aryl methyl sites for hydroxylation is 2. The highest BCUT2D eigenvalue weighted by Crippen LogP contribution is 2.32. The maximum atomic E-state index is 4.88. The van der Waals surface area contributed by atoms with Gasteiger partial charge in [-0.1, -0.05) is 35.6 Å². The summed E-state index contributed by atoms with van der Waals surface area (Å²) in [6.45, 7) is 8.50. The van der Waals surface area contributed by atoms with E-state index in [-0.39, 0.29) is 12.4 Å². The molecule has 5 heteroatoms. The Morgan fingerprint density at radius 3 is 2.29 bits per heavy atom. The van der Waals surface area contributed by atoms with E-state index in [2.05, 4.69) is 66.1 Å². The molecule has 0 unspecified atom stereocenters. The number of hydrogen-bond acceptors (Lipinski definition) is 4. The van der Waals surface area contributed by atoms with Crippen molar-refractivity contribution in [2.75, 3.05) is 36.0 Å². The number of fused-ring (bicyclic) bond motifs is 1. The van der Waals surface area contributed by atoms with E-state index in [1.54, 1.807) is 0 Å². The van der Waals surface area contributed by atoms with E-state index in [1.807, 2.05) is 11.3 Å². The third kappa shape index (κ3) is 3.21. The summed E-state index contributed by atoms with van der Waals surface area (Å²) < 4.78 is 1.33. The smallest absolute Gasteiger partial charge is 0.186 e. The normalized spacial score (nSPS) is 14.8. The molecule has 0 radical (unpaired) electrons. The minimum Gasteiger partial charge on any atom is -0.368 e. The van der Waals surface area contributed by atoms with E-state index in [0.29, 0.717) is 0 Å². The van der Waals surface area contributed by atoms with Gasteiger partial charge in [-0.25, -0.2) is 4.98 Å². The average molecular weight is 360 g/mol. The van der Waals surface area contributed by atoms with E-state index in [1.165, 1.54) is 26.6 Å². The van der Waals surface area contributed by atoms with Gasteiger partial charge in [0.25, 0.3) is 0 Å². The third-order valence-corrected chi connectivity index (χ3v) is 5.75. The molecule has 1 aromatic heterocycles. The van der Waals surface area contributed by atoms with Gasteiger partial charge in [0.15, 0.2) is 5.13 Å². The van der Waals surface area contributed by atoms with Crippen LogP contribution >= 0.6 is 23.7 Å². The third-order valence-electron chi connectivity index (χ3n) is 4.48. The number of thiazole rings is 1. The molecule has 0 spiro atoms. The summed E-state index contributed by atoms with van der Waals surface area (Å²) in [5.74, 6) is 0. The number of aromatic nitrogens is 1. The molecule has 2 aromatic carbocycles. The predicted octanol–water partition coefficient (Wildman–Crippen LogP) is 4.66. The van der Waals surface area contributed by atoms with Crippen LogP contribution in [0.4, 0.5) is 10.8 Å². The average Bonchev–Trinajstić information content (AvgIpc) is 3.00. The number of hydrogen-bond donors (Lipinski definition) is 0. The minimum absolute atomic E-state index is 0. The molecule has 3 nitrogen and oxygen atoms in total. The molecule has 0 bridgehead atoms. The van der Waals surface area contributed by atoms with Crippen molar-refractivity contribution in [1.29, 1.82) is 0 Å². The fourth-order valence-electron chi connectivity index (χ4n) is 3.29. The fraction of sp³-hybridized carbons (Fsp3) is 0.316. The molecule has 4 rings (SSSR count). The first-order chi connectivity index (χ1) is 11.2. The van der Waals surface area contributed by atoms with Crippen molar-refractivity contribution < 1.29 is 0 Å². The molecule has 0 atom stereocenters. The van der Waals surface area contributed by atoms with E-state index in [4.69, 9.17) is 4.98 Å². The lowest BCUT2D eigenvalue weighted by atomic mass is 10.1. The van der Waals surface area contributed by atoms with Crippen molar-refractivity contribution in [1.82, 2.24) is 4.98 Å². The maximum absolute atomic E-state index is 4.88. The largest absolute Gasteiger partial charge is 0.368 e. The molecule has 1 saturated heterocycles. The first kappa shape index (κ1) is 17.1. The zero-order valence-electron chi connectivity index (χ0n) is 14.0. The highest BCUT2D eigenvalue weighted by molar-refractivity contribution is 7.22. The molecule has 2 heterocycles. The Hall–Kier alpha value is -1.78. The van der Waals surface area contributed by atoms with E-state index in [0.717, 1.165) is 31.7 Å². The summed E-state index contributed by atoms with van der Waals surface area (Å²) in [5.41, 5.74) is 5.10. The van der Waals surface area contributed by atoms with Crippen molar-refractivity contribution in [3.8, 4) is 0 Å². The van der Waals surface area contributed by atoms with Gasteiger partial charge in [0.2, 0.25) is 0 Å². The number of piperazine rings is 1. The Kier molecular flexibility index (Phi) is 4.97. The van der Waals surface area contributed by atoms with Crippen LogP contribution in [0.5, 0.6) is 0 Å². The number of anilines is 2. The van der Waals surface area contributed by atoms with Crippen LogP contribution in [0.3, 0.4) is 0 Å². The van der Waals surface area contributed by atoms with Gasteiger partial charge in [0.05, 0.1) is 10.2 Å². The Bertz CT molecular complexity index is 823. The standard InChI is InChI=1S/C19H21N3S.ClH/c1-14-12-15(2)18-17(13-14)20-19(23-18)22-10-8-21(9-11-22)16-6-4-3-5-7-16;/h3-7,12-13H,8-11H2,1-2H3;1H. The first-order valence-corrected chi connectivity index (χ1v) is 8.95. The van der Waals surface area contributed by atoms with Crippen LogP contribution in [0.15, 0.2) is 42.5 Å². The summed E-state index contributed by atoms with van der Waals surface area (Å²) >= 11 is 1.83. The quantitative estimate of drug-likeness (QED) is 0.663. The van der Waals surface area contributed by atoms with Crippen LogP contribution in [-0.2, 0) is 0 Å². The molecular formula is C19H22ClN3S. The van der Waals surface area contributed by atoms with Crippen molar-refractivity contribution >= 4 is 44.8 Å². The van der Waals surface area contributed by atoms with Crippen LogP contribution in [-0.4, -0.2) is 31.2 Å². The Morgan fingerprint density at radius 1 is 0.917 bits per heavy atom. The highest BCUT2D eigenvalue weighted by Gasteiger charge is 2.20. The van der Waals surface area contributed by atoms with E-state index < -0.39 is 0 Å². The van der Waals surface area contributed by atoms with Gasteiger partial charge in [0, 0.05) is 31.9 Å². The molecular weight excluding hydrogens is 338 g/mol. The van der Waals surface area contributed by atoms with Gasteiger partial charge >= 0.3 is 0 Å². The summed E-state index contributed by atoms with van der Waals surface area (Å²) in [6.07, 6.45) is 0. The molecule has 3 aromatic rings. The zero-order chi connectivity index (χ0) is 15.8. The molecule has 1 aliphatic heterocycles. The van der Waals surface area contributed by atoms with Crippen LogP contribution in [0.2, 0.25) is 0 Å².